The summed E-state index contributed by atoms with van der Waals surface area (Å²) in [6.07, 6.45) is 3.11. The van der Waals surface area contributed by atoms with E-state index in [4.69, 9.17) is 0 Å². The first kappa shape index (κ1) is 17.6. The summed E-state index contributed by atoms with van der Waals surface area (Å²) in [4.78, 5) is 8.68. The zero-order chi connectivity index (χ0) is 16.0. The molecule has 1 rings (SSSR count). The summed E-state index contributed by atoms with van der Waals surface area (Å²) in [6, 6.07) is 8.51. The number of rotatable bonds is 5. The van der Waals surface area contributed by atoms with Crippen LogP contribution in [0.2, 0.25) is 0 Å². The molecule has 0 aliphatic rings. The number of anilines is 2. The Morgan fingerprint density at radius 2 is 1.76 bits per heavy atom. The van der Waals surface area contributed by atoms with Crippen LogP contribution in [0.25, 0.3) is 0 Å². The average Bonchev–Trinajstić information content (AvgIpc) is 2.51. The van der Waals surface area contributed by atoms with E-state index in [-0.39, 0.29) is 0 Å². The van der Waals surface area contributed by atoms with Crippen LogP contribution >= 0.6 is 11.8 Å². The SMILES string of the molecule is C=C(C(C)CC)N(C(=NC)SC)c1ccc(N(C)C)cc1. The molecule has 0 saturated carbocycles. The Morgan fingerprint density at radius 1 is 1.24 bits per heavy atom. The summed E-state index contributed by atoms with van der Waals surface area (Å²) >= 11 is 1.64. The summed E-state index contributed by atoms with van der Waals surface area (Å²) in [6.45, 7) is 8.69. The van der Waals surface area contributed by atoms with Crippen LogP contribution in [0.3, 0.4) is 0 Å². The Bertz CT molecular complexity index is 491. The van der Waals surface area contributed by atoms with Gasteiger partial charge in [-0.1, -0.05) is 32.2 Å². The fraction of sp³-hybridized carbons (Fsp3) is 0.471. The molecule has 0 aromatic heterocycles. The van der Waals surface area contributed by atoms with E-state index in [1.807, 2.05) is 27.4 Å². The molecule has 1 aromatic rings. The highest BCUT2D eigenvalue weighted by Gasteiger charge is 2.19. The summed E-state index contributed by atoms with van der Waals surface area (Å²) in [7, 11) is 5.92. The van der Waals surface area contributed by atoms with Gasteiger partial charge in [-0.05, 0) is 42.9 Å². The van der Waals surface area contributed by atoms with Gasteiger partial charge in [0.2, 0.25) is 0 Å². The molecule has 1 aromatic carbocycles. The van der Waals surface area contributed by atoms with Gasteiger partial charge in [-0.25, -0.2) is 0 Å². The van der Waals surface area contributed by atoms with Gasteiger partial charge in [-0.2, -0.15) is 0 Å². The molecule has 0 saturated heterocycles. The van der Waals surface area contributed by atoms with Crippen LogP contribution in [-0.2, 0) is 0 Å². The highest BCUT2D eigenvalue weighted by atomic mass is 32.2. The molecule has 0 radical (unpaired) electrons. The smallest absolute Gasteiger partial charge is 0.167 e. The van der Waals surface area contributed by atoms with E-state index in [1.165, 1.54) is 5.69 Å². The summed E-state index contributed by atoms with van der Waals surface area (Å²) in [5, 5.41) is 0.970. The van der Waals surface area contributed by atoms with Crippen molar-refractivity contribution in [2.45, 2.75) is 20.3 Å². The lowest BCUT2D eigenvalue weighted by molar-refractivity contribution is 0.648. The van der Waals surface area contributed by atoms with Gasteiger partial charge in [0.05, 0.1) is 0 Å². The van der Waals surface area contributed by atoms with Gasteiger partial charge >= 0.3 is 0 Å². The molecule has 1 unspecified atom stereocenters. The van der Waals surface area contributed by atoms with Crippen molar-refractivity contribution in [1.29, 1.82) is 0 Å². The van der Waals surface area contributed by atoms with Crippen molar-refractivity contribution in [3.8, 4) is 0 Å². The largest absolute Gasteiger partial charge is 0.378 e. The third-order valence-electron chi connectivity index (χ3n) is 3.66. The van der Waals surface area contributed by atoms with Crippen LogP contribution in [0, 0.1) is 5.92 Å². The normalized spacial score (nSPS) is 13.0. The molecule has 4 heteroatoms. The van der Waals surface area contributed by atoms with Crippen molar-refractivity contribution in [1.82, 2.24) is 0 Å². The van der Waals surface area contributed by atoms with Crippen molar-refractivity contribution < 1.29 is 0 Å². The van der Waals surface area contributed by atoms with Crippen LogP contribution in [0.5, 0.6) is 0 Å². The van der Waals surface area contributed by atoms with Gasteiger partial charge in [0.15, 0.2) is 5.17 Å². The van der Waals surface area contributed by atoms with E-state index in [1.54, 1.807) is 11.8 Å². The predicted molar refractivity (Wildman–Crippen MR) is 98.7 cm³/mol. The van der Waals surface area contributed by atoms with E-state index in [0.717, 1.165) is 23.0 Å². The van der Waals surface area contributed by atoms with Crippen LogP contribution in [0.1, 0.15) is 20.3 Å². The van der Waals surface area contributed by atoms with Crippen LogP contribution in [-0.4, -0.2) is 32.6 Å². The topological polar surface area (TPSA) is 18.8 Å². The summed E-state index contributed by atoms with van der Waals surface area (Å²) < 4.78 is 0. The van der Waals surface area contributed by atoms with Crippen molar-refractivity contribution in [2.24, 2.45) is 10.9 Å². The van der Waals surface area contributed by atoms with E-state index < -0.39 is 0 Å². The van der Waals surface area contributed by atoms with Crippen molar-refractivity contribution in [2.75, 3.05) is 37.2 Å². The zero-order valence-electron chi connectivity index (χ0n) is 14.1. The lowest BCUT2D eigenvalue weighted by Gasteiger charge is -2.30. The van der Waals surface area contributed by atoms with Gasteiger partial charge < -0.3 is 4.90 Å². The van der Waals surface area contributed by atoms with Gasteiger partial charge in [-0.3, -0.25) is 9.89 Å². The Kier molecular flexibility index (Phi) is 6.82. The fourth-order valence-electron chi connectivity index (χ4n) is 2.04. The van der Waals surface area contributed by atoms with Gasteiger partial charge in [-0.15, -0.1) is 0 Å². The molecule has 0 amide bonds. The zero-order valence-corrected chi connectivity index (χ0v) is 14.9. The number of hydrogen-bond acceptors (Lipinski definition) is 3. The third-order valence-corrected chi connectivity index (χ3v) is 4.39. The lowest BCUT2D eigenvalue weighted by atomic mass is 10.0. The minimum absolute atomic E-state index is 0.419. The van der Waals surface area contributed by atoms with E-state index in [2.05, 4.69) is 59.5 Å². The maximum atomic E-state index is 4.41. The minimum Gasteiger partial charge on any atom is -0.378 e. The molecule has 3 nitrogen and oxygen atoms in total. The molecule has 0 spiro atoms. The van der Waals surface area contributed by atoms with Crippen LogP contribution in [0.4, 0.5) is 11.4 Å². The first-order valence-corrected chi connectivity index (χ1v) is 8.45. The molecule has 0 bridgehead atoms. The number of thioether (sulfide) groups is 1. The standard InChI is InChI=1S/C17H27N3S/c1-8-13(2)14(3)20(17(18-4)21-7)16-11-9-15(10-12-16)19(5)6/h9-13H,3,8H2,1-2,4-7H3. The number of amidine groups is 1. The Hall–Kier alpha value is -1.42. The molecule has 0 heterocycles. The first-order chi connectivity index (χ1) is 9.96. The van der Waals surface area contributed by atoms with Crippen molar-refractivity contribution in [3.63, 3.8) is 0 Å². The molecular formula is C17H27N3S. The number of benzene rings is 1. The minimum atomic E-state index is 0.419. The maximum Gasteiger partial charge on any atom is 0.167 e. The summed E-state index contributed by atoms with van der Waals surface area (Å²) in [5.41, 5.74) is 3.39. The molecular weight excluding hydrogens is 278 g/mol. The van der Waals surface area contributed by atoms with Crippen LogP contribution in [0.15, 0.2) is 41.5 Å². The average molecular weight is 305 g/mol. The molecule has 116 valence electrons. The highest BCUT2D eigenvalue weighted by Crippen LogP contribution is 2.29. The van der Waals surface area contributed by atoms with Crippen molar-refractivity contribution >= 4 is 28.3 Å². The second-order valence-corrected chi connectivity index (χ2v) is 6.03. The van der Waals surface area contributed by atoms with Gasteiger partial charge in [0.25, 0.3) is 0 Å². The van der Waals surface area contributed by atoms with Crippen LogP contribution < -0.4 is 9.80 Å². The van der Waals surface area contributed by atoms with Gasteiger partial charge in [0.1, 0.15) is 0 Å². The Balaban J connectivity index is 3.20. The molecule has 1 atom stereocenters. The molecule has 0 aliphatic carbocycles. The van der Waals surface area contributed by atoms with E-state index in [9.17, 15) is 0 Å². The van der Waals surface area contributed by atoms with Gasteiger partial charge in [0, 0.05) is 38.2 Å². The molecule has 0 fully saturated rings. The second-order valence-electron chi connectivity index (χ2n) is 5.26. The second kappa shape index (κ2) is 8.13. The molecule has 0 N–H and O–H groups in total. The highest BCUT2D eigenvalue weighted by molar-refractivity contribution is 8.13. The van der Waals surface area contributed by atoms with E-state index >= 15 is 0 Å². The first-order valence-electron chi connectivity index (χ1n) is 7.23. The number of allylic oxidation sites excluding steroid dienone is 1. The summed E-state index contributed by atoms with van der Waals surface area (Å²) in [5.74, 6) is 0.419. The number of aliphatic imine (C=N–C) groups is 1. The van der Waals surface area contributed by atoms with Crippen molar-refractivity contribution in [3.05, 3.63) is 36.5 Å². The maximum absolute atomic E-state index is 4.41. The third kappa shape index (κ3) is 4.27. The molecule has 0 aliphatic heterocycles. The quantitative estimate of drug-likeness (QED) is 0.591. The number of hydrogen-bond donors (Lipinski definition) is 0. The predicted octanol–water partition coefficient (Wildman–Crippen LogP) is 4.47. The monoisotopic (exact) mass is 305 g/mol. The fourth-order valence-corrected chi connectivity index (χ4v) is 2.63. The number of nitrogens with zero attached hydrogens (tertiary/aromatic N) is 3. The Morgan fingerprint density at radius 3 is 2.14 bits per heavy atom. The Labute approximate surface area is 133 Å². The lowest BCUT2D eigenvalue weighted by Crippen LogP contribution is -2.30. The van der Waals surface area contributed by atoms with E-state index in [0.29, 0.717) is 5.92 Å². The molecule has 21 heavy (non-hydrogen) atoms.